The second kappa shape index (κ2) is 6.39. The highest BCUT2D eigenvalue weighted by atomic mass is 79.9. The number of nitrogens with two attached hydrogens (primary N) is 1. The SMILES string of the molecule is CCOC1(C(NN)c2occc2Br)CCCC(C)C1. The molecule has 0 bridgehead atoms. The van der Waals surface area contributed by atoms with Crippen molar-refractivity contribution in [3.63, 3.8) is 0 Å². The van der Waals surface area contributed by atoms with Crippen LogP contribution >= 0.6 is 15.9 Å². The van der Waals surface area contributed by atoms with Crippen molar-refractivity contribution >= 4 is 15.9 Å². The minimum Gasteiger partial charge on any atom is -0.466 e. The Morgan fingerprint density at radius 3 is 3.00 bits per heavy atom. The fraction of sp³-hybridized carbons (Fsp3) is 0.714. The highest BCUT2D eigenvalue weighted by Gasteiger charge is 2.45. The quantitative estimate of drug-likeness (QED) is 0.640. The fourth-order valence-electron chi connectivity index (χ4n) is 3.29. The maximum Gasteiger partial charge on any atom is 0.139 e. The van der Waals surface area contributed by atoms with Gasteiger partial charge in [0.25, 0.3) is 0 Å². The summed E-state index contributed by atoms with van der Waals surface area (Å²) in [5.74, 6) is 7.28. The van der Waals surface area contributed by atoms with Gasteiger partial charge < -0.3 is 9.15 Å². The molecule has 3 N–H and O–H groups in total. The molecule has 4 nitrogen and oxygen atoms in total. The molecule has 0 aliphatic heterocycles. The van der Waals surface area contributed by atoms with Crippen molar-refractivity contribution in [2.75, 3.05) is 6.61 Å². The summed E-state index contributed by atoms with van der Waals surface area (Å²) in [4.78, 5) is 0. The summed E-state index contributed by atoms with van der Waals surface area (Å²) >= 11 is 3.52. The van der Waals surface area contributed by atoms with E-state index in [2.05, 4.69) is 28.3 Å². The van der Waals surface area contributed by atoms with E-state index >= 15 is 0 Å². The van der Waals surface area contributed by atoms with Gasteiger partial charge in [0, 0.05) is 6.61 Å². The molecule has 0 spiro atoms. The van der Waals surface area contributed by atoms with Gasteiger partial charge >= 0.3 is 0 Å². The lowest BCUT2D eigenvalue weighted by Crippen LogP contribution is -2.51. The summed E-state index contributed by atoms with van der Waals surface area (Å²) in [6.07, 6.45) is 6.11. The average molecular weight is 331 g/mol. The van der Waals surface area contributed by atoms with Crippen LogP contribution in [0.25, 0.3) is 0 Å². The van der Waals surface area contributed by atoms with Crippen LogP contribution in [-0.4, -0.2) is 12.2 Å². The van der Waals surface area contributed by atoms with Crippen LogP contribution in [0, 0.1) is 5.92 Å². The molecule has 19 heavy (non-hydrogen) atoms. The molecule has 1 heterocycles. The standard InChI is InChI=1S/C14H23BrN2O2/c1-3-19-14(7-4-5-10(2)9-14)13(17-16)12-11(15)6-8-18-12/h6,8,10,13,17H,3-5,7,9,16H2,1-2H3. The van der Waals surface area contributed by atoms with Crippen LogP contribution in [0.5, 0.6) is 0 Å². The van der Waals surface area contributed by atoms with Gasteiger partial charge in [0.05, 0.1) is 16.3 Å². The Bertz CT molecular complexity index is 406. The van der Waals surface area contributed by atoms with Gasteiger partial charge in [0.1, 0.15) is 11.8 Å². The number of hydrogen-bond acceptors (Lipinski definition) is 4. The molecule has 0 radical (unpaired) electrons. The monoisotopic (exact) mass is 330 g/mol. The van der Waals surface area contributed by atoms with Crippen LogP contribution in [0.4, 0.5) is 0 Å². The molecule has 0 aromatic carbocycles. The minimum atomic E-state index is -0.276. The van der Waals surface area contributed by atoms with Crippen molar-refractivity contribution in [2.45, 2.75) is 51.2 Å². The van der Waals surface area contributed by atoms with Gasteiger partial charge in [-0.3, -0.25) is 5.84 Å². The molecule has 1 aromatic heterocycles. The molecule has 3 unspecified atom stereocenters. The van der Waals surface area contributed by atoms with E-state index in [9.17, 15) is 0 Å². The van der Waals surface area contributed by atoms with Crippen molar-refractivity contribution < 1.29 is 9.15 Å². The molecular weight excluding hydrogens is 308 g/mol. The van der Waals surface area contributed by atoms with Crippen LogP contribution in [0.2, 0.25) is 0 Å². The smallest absolute Gasteiger partial charge is 0.139 e. The van der Waals surface area contributed by atoms with E-state index in [0.717, 1.165) is 29.5 Å². The van der Waals surface area contributed by atoms with Crippen molar-refractivity contribution in [2.24, 2.45) is 11.8 Å². The van der Waals surface area contributed by atoms with Gasteiger partial charge in [0.2, 0.25) is 0 Å². The molecule has 0 saturated heterocycles. The molecule has 1 aliphatic rings. The van der Waals surface area contributed by atoms with Crippen molar-refractivity contribution in [1.82, 2.24) is 5.43 Å². The lowest BCUT2D eigenvalue weighted by atomic mass is 9.74. The van der Waals surface area contributed by atoms with Gasteiger partial charge in [-0.2, -0.15) is 0 Å². The van der Waals surface area contributed by atoms with Crippen molar-refractivity contribution in [3.8, 4) is 0 Å². The van der Waals surface area contributed by atoms with Crippen molar-refractivity contribution in [1.29, 1.82) is 0 Å². The topological polar surface area (TPSA) is 60.4 Å². The third-order valence-corrected chi connectivity index (χ3v) is 4.68. The third-order valence-electron chi connectivity index (χ3n) is 4.02. The number of halogens is 1. The van der Waals surface area contributed by atoms with E-state index in [4.69, 9.17) is 15.0 Å². The molecular formula is C14H23BrN2O2. The molecule has 108 valence electrons. The van der Waals surface area contributed by atoms with Crippen LogP contribution in [0.1, 0.15) is 51.3 Å². The maximum atomic E-state index is 6.15. The minimum absolute atomic E-state index is 0.125. The van der Waals surface area contributed by atoms with Gasteiger partial charge in [-0.1, -0.05) is 19.8 Å². The number of hydrogen-bond donors (Lipinski definition) is 2. The molecule has 1 fully saturated rings. The zero-order chi connectivity index (χ0) is 13.9. The van der Waals surface area contributed by atoms with Crippen LogP contribution in [0.15, 0.2) is 21.2 Å². The largest absolute Gasteiger partial charge is 0.466 e. The molecule has 3 atom stereocenters. The molecule has 1 aliphatic carbocycles. The Morgan fingerprint density at radius 1 is 1.68 bits per heavy atom. The van der Waals surface area contributed by atoms with E-state index in [1.165, 1.54) is 6.42 Å². The first kappa shape index (κ1) is 15.0. The first-order valence-electron chi connectivity index (χ1n) is 6.96. The van der Waals surface area contributed by atoms with Gasteiger partial charge in [0.15, 0.2) is 0 Å². The number of ether oxygens (including phenoxy) is 1. The van der Waals surface area contributed by atoms with E-state index in [1.54, 1.807) is 6.26 Å². The first-order chi connectivity index (χ1) is 9.13. The summed E-state index contributed by atoms with van der Waals surface area (Å²) in [5, 5.41) is 0. The Hall–Kier alpha value is -0.360. The van der Waals surface area contributed by atoms with E-state index in [0.29, 0.717) is 12.5 Å². The predicted octanol–water partition coefficient (Wildman–Crippen LogP) is 3.53. The molecule has 2 rings (SSSR count). The zero-order valence-electron chi connectivity index (χ0n) is 11.6. The van der Waals surface area contributed by atoms with Crippen molar-refractivity contribution in [3.05, 3.63) is 22.6 Å². The van der Waals surface area contributed by atoms with E-state index < -0.39 is 0 Å². The molecule has 0 amide bonds. The second-order valence-electron chi connectivity index (χ2n) is 5.43. The number of furan rings is 1. The van der Waals surface area contributed by atoms with Gasteiger partial charge in [-0.15, -0.1) is 0 Å². The van der Waals surface area contributed by atoms with E-state index in [-0.39, 0.29) is 11.6 Å². The van der Waals surface area contributed by atoms with Crippen LogP contribution in [-0.2, 0) is 4.74 Å². The molecule has 1 aromatic rings. The summed E-state index contributed by atoms with van der Waals surface area (Å²) in [5.41, 5.74) is 2.64. The fourth-order valence-corrected chi connectivity index (χ4v) is 3.72. The molecule has 1 saturated carbocycles. The number of nitrogens with one attached hydrogen (secondary N) is 1. The lowest BCUT2D eigenvalue weighted by Gasteiger charge is -2.44. The zero-order valence-corrected chi connectivity index (χ0v) is 13.2. The van der Waals surface area contributed by atoms with Gasteiger partial charge in [-0.05, 0) is 47.7 Å². The second-order valence-corrected chi connectivity index (χ2v) is 6.29. The van der Waals surface area contributed by atoms with Gasteiger partial charge in [-0.25, -0.2) is 5.43 Å². The predicted molar refractivity (Wildman–Crippen MR) is 78.5 cm³/mol. The first-order valence-corrected chi connectivity index (χ1v) is 7.75. The Morgan fingerprint density at radius 2 is 2.47 bits per heavy atom. The van der Waals surface area contributed by atoms with Crippen LogP contribution in [0.3, 0.4) is 0 Å². The average Bonchev–Trinajstić information content (AvgIpc) is 2.77. The highest BCUT2D eigenvalue weighted by molar-refractivity contribution is 9.10. The Kier molecular flexibility index (Phi) is 5.06. The molecule has 5 heteroatoms. The Balaban J connectivity index is 2.32. The van der Waals surface area contributed by atoms with E-state index in [1.807, 2.05) is 13.0 Å². The normalized spacial score (nSPS) is 29.4. The summed E-state index contributed by atoms with van der Waals surface area (Å²) in [7, 11) is 0. The third kappa shape index (κ3) is 3.05. The van der Waals surface area contributed by atoms with Crippen LogP contribution < -0.4 is 11.3 Å². The summed E-state index contributed by atoms with van der Waals surface area (Å²) in [6, 6.07) is 1.77. The highest BCUT2D eigenvalue weighted by Crippen LogP contribution is 2.45. The number of hydrazine groups is 1. The maximum absolute atomic E-state index is 6.15. The summed E-state index contributed by atoms with van der Waals surface area (Å²) < 4.78 is 12.7. The number of rotatable bonds is 5. The lowest BCUT2D eigenvalue weighted by molar-refractivity contribution is -0.106. The summed E-state index contributed by atoms with van der Waals surface area (Å²) in [6.45, 7) is 4.99. The Labute approximate surface area is 123 Å².